The molecule has 174 valence electrons. The van der Waals surface area contributed by atoms with Crippen molar-refractivity contribution in [3.8, 4) is 0 Å². The molecule has 1 aromatic carbocycles. The average Bonchev–Trinajstić information content (AvgIpc) is 3.71. The van der Waals surface area contributed by atoms with Crippen molar-refractivity contribution in [2.24, 2.45) is 11.8 Å². The zero-order chi connectivity index (χ0) is 23.3. The maximum Gasteiger partial charge on any atom is 0.273 e. The third-order valence-electron chi connectivity index (χ3n) is 6.89. The van der Waals surface area contributed by atoms with Crippen LogP contribution in [0.2, 0.25) is 5.02 Å². The van der Waals surface area contributed by atoms with Gasteiger partial charge >= 0.3 is 0 Å². The Balaban J connectivity index is 1.37. The second kappa shape index (κ2) is 8.67. The van der Waals surface area contributed by atoms with E-state index in [4.69, 9.17) is 11.6 Å². The maximum absolute atomic E-state index is 14.6. The van der Waals surface area contributed by atoms with Crippen LogP contribution in [0.4, 0.5) is 8.78 Å². The molecule has 1 N–H and O–H groups in total. The number of nitrogens with one attached hydrogen (secondary N) is 1. The number of pyridine rings is 1. The number of carbonyl (C=O) groups is 2. The number of nitrogens with zero attached hydrogens (tertiary/aromatic N) is 2. The van der Waals surface area contributed by atoms with Gasteiger partial charge < -0.3 is 10.2 Å². The number of hydrogen-bond donors (Lipinski definition) is 1. The standard InChI is InChI=1S/C25H26ClF2N3O2/c1-13-8-22(31(12-13)25(33)21-9-16(6-7-29-21)14-2-3-14)24(32)30-23(15-4-5-15)17-10-20(28)18(26)11-19(17)27/h6-7,9-11,13-15,22-23H,2-5,8,12H2,1H3,(H,30,32)/t13-,22-,23-/m1/s1. The van der Waals surface area contributed by atoms with Crippen LogP contribution in [0.3, 0.4) is 0 Å². The third kappa shape index (κ3) is 4.60. The topological polar surface area (TPSA) is 62.3 Å². The third-order valence-corrected chi connectivity index (χ3v) is 7.18. The number of rotatable bonds is 6. The van der Waals surface area contributed by atoms with Crippen molar-refractivity contribution >= 4 is 23.4 Å². The van der Waals surface area contributed by atoms with Gasteiger partial charge in [-0.1, -0.05) is 18.5 Å². The molecule has 3 aliphatic rings. The number of amides is 2. The van der Waals surface area contributed by atoms with E-state index in [9.17, 15) is 18.4 Å². The summed E-state index contributed by atoms with van der Waals surface area (Å²) in [6, 6.07) is 4.43. The van der Waals surface area contributed by atoms with Gasteiger partial charge in [-0.05, 0) is 79.7 Å². The van der Waals surface area contributed by atoms with Crippen LogP contribution in [0.5, 0.6) is 0 Å². The van der Waals surface area contributed by atoms with Gasteiger partial charge in [0, 0.05) is 18.3 Å². The van der Waals surface area contributed by atoms with Gasteiger partial charge in [-0.25, -0.2) is 8.78 Å². The second-order valence-electron chi connectivity index (χ2n) is 9.67. The number of hydrogen-bond acceptors (Lipinski definition) is 3. The molecule has 2 aliphatic carbocycles. The zero-order valence-corrected chi connectivity index (χ0v) is 19.1. The lowest BCUT2D eigenvalue weighted by Crippen LogP contribution is -2.47. The fourth-order valence-electron chi connectivity index (χ4n) is 4.81. The summed E-state index contributed by atoms with van der Waals surface area (Å²) in [4.78, 5) is 32.5. The molecule has 1 saturated heterocycles. The molecule has 3 fully saturated rings. The Morgan fingerprint density at radius 3 is 2.61 bits per heavy atom. The quantitative estimate of drug-likeness (QED) is 0.600. The molecule has 1 aliphatic heterocycles. The Hall–Kier alpha value is -2.54. The van der Waals surface area contributed by atoms with Crippen LogP contribution < -0.4 is 5.32 Å². The first-order chi connectivity index (χ1) is 15.8. The lowest BCUT2D eigenvalue weighted by molar-refractivity contribution is -0.125. The molecule has 0 spiro atoms. The van der Waals surface area contributed by atoms with Gasteiger partial charge in [0.1, 0.15) is 23.4 Å². The molecular formula is C25H26ClF2N3O2. The number of benzene rings is 1. The second-order valence-corrected chi connectivity index (χ2v) is 10.1. The van der Waals surface area contributed by atoms with Gasteiger partial charge in [0.15, 0.2) is 0 Å². The first kappa shape index (κ1) is 22.3. The van der Waals surface area contributed by atoms with Crippen molar-refractivity contribution < 1.29 is 18.4 Å². The molecule has 5 nitrogen and oxygen atoms in total. The Bertz CT molecular complexity index is 1100. The van der Waals surface area contributed by atoms with E-state index < -0.39 is 23.7 Å². The molecule has 3 atom stereocenters. The largest absolute Gasteiger partial charge is 0.347 e. The smallest absolute Gasteiger partial charge is 0.273 e. The summed E-state index contributed by atoms with van der Waals surface area (Å²) >= 11 is 5.71. The molecule has 5 rings (SSSR count). The van der Waals surface area contributed by atoms with E-state index in [-0.39, 0.29) is 34.2 Å². The Labute approximate surface area is 196 Å². The van der Waals surface area contributed by atoms with Crippen molar-refractivity contribution in [2.75, 3.05) is 6.54 Å². The minimum absolute atomic E-state index is 0.0314. The predicted molar refractivity (Wildman–Crippen MR) is 120 cm³/mol. The van der Waals surface area contributed by atoms with Crippen LogP contribution in [-0.4, -0.2) is 34.3 Å². The van der Waals surface area contributed by atoms with E-state index in [1.54, 1.807) is 11.1 Å². The summed E-state index contributed by atoms with van der Waals surface area (Å²) in [5.41, 5.74) is 1.54. The van der Waals surface area contributed by atoms with E-state index >= 15 is 0 Å². The molecule has 0 bridgehead atoms. The van der Waals surface area contributed by atoms with Crippen LogP contribution in [0.25, 0.3) is 0 Å². The minimum atomic E-state index is -0.721. The molecule has 2 aromatic rings. The summed E-state index contributed by atoms with van der Waals surface area (Å²) in [5, 5.41) is 2.63. The molecular weight excluding hydrogens is 448 g/mol. The summed E-state index contributed by atoms with van der Waals surface area (Å²) < 4.78 is 28.7. The van der Waals surface area contributed by atoms with Crippen LogP contribution in [0.1, 0.15) is 72.6 Å². The molecule has 1 aromatic heterocycles. The normalized spacial score (nSPS) is 23.5. The van der Waals surface area contributed by atoms with E-state index in [1.807, 2.05) is 19.1 Å². The summed E-state index contributed by atoms with van der Waals surface area (Å²) in [7, 11) is 0. The molecule has 0 radical (unpaired) electrons. The maximum atomic E-state index is 14.6. The molecule has 2 saturated carbocycles. The van der Waals surface area contributed by atoms with Crippen molar-refractivity contribution in [2.45, 2.75) is 57.0 Å². The monoisotopic (exact) mass is 473 g/mol. The summed E-state index contributed by atoms with van der Waals surface area (Å²) in [6.45, 7) is 2.44. The zero-order valence-electron chi connectivity index (χ0n) is 18.4. The highest BCUT2D eigenvalue weighted by molar-refractivity contribution is 6.30. The Kier molecular flexibility index (Phi) is 5.85. The van der Waals surface area contributed by atoms with E-state index in [2.05, 4.69) is 10.3 Å². The fourth-order valence-corrected chi connectivity index (χ4v) is 4.96. The van der Waals surface area contributed by atoms with Gasteiger partial charge in [0.05, 0.1) is 11.1 Å². The molecule has 33 heavy (non-hydrogen) atoms. The summed E-state index contributed by atoms with van der Waals surface area (Å²) in [6.07, 6.45) is 6.03. The van der Waals surface area contributed by atoms with E-state index in [0.29, 0.717) is 24.6 Å². The first-order valence-corrected chi connectivity index (χ1v) is 11.9. The fraction of sp³-hybridized carbons (Fsp3) is 0.480. The van der Waals surface area contributed by atoms with E-state index in [0.717, 1.165) is 43.4 Å². The summed E-state index contributed by atoms with van der Waals surface area (Å²) in [5.74, 6) is -1.32. The highest BCUT2D eigenvalue weighted by Gasteiger charge is 2.42. The molecule has 8 heteroatoms. The van der Waals surface area contributed by atoms with Crippen LogP contribution >= 0.6 is 11.6 Å². The lowest BCUT2D eigenvalue weighted by Gasteiger charge is -2.27. The number of likely N-dealkylation sites (tertiary alicyclic amines) is 1. The van der Waals surface area contributed by atoms with Gasteiger partial charge in [-0.2, -0.15) is 0 Å². The van der Waals surface area contributed by atoms with E-state index in [1.165, 1.54) is 0 Å². The molecule has 0 unspecified atom stereocenters. The van der Waals surface area contributed by atoms with Crippen molar-refractivity contribution in [1.29, 1.82) is 0 Å². The predicted octanol–water partition coefficient (Wildman–Crippen LogP) is 5.01. The van der Waals surface area contributed by atoms with Gasteiger partial charge in [-0.15, -0.1) is 0 Å². The van der Waals surface area contributed by atoms with Crippen molar-refractivity contribution in [1.82, 2.24) is 15.2 Å². The Morgan fingerprint density at radius 2 is 1.91 bits per heavy atom. The first-order valence-electron chi connectivity index (χ1n) is 11.5. The lowest BCUT2D eigenvalue weighted by atomic mass is 10.00. The highest BCUT2D eigenvalue weighted by Crippen LogP contribution is 2.43. The molecule has 2 heterocycles. The van der Waals surface area contributed by atoms with Gasteiger partial charge in [0.2, 0.25) is 5.91 Å². The van der Waals surface area contributed by atoms with Crippen molar-refractivity contribution in [3.63, 3.8) is 0 Å². The number of aromatic nitrogens is 1. The minimum Gasteiger partial charge on any atom is -0.347 e. The van der Waals surface area contributed by atoms with Crippen molar-refractivity contribution in [3.05, 3.63) is 63.9 Å². The van der Waals surface area contributed by atoms with Crippen LogP contribution in [-0.2, 0) is 4.79 Å². The van der Waals surface area contributed by atoms with Gasteiger partial charge in [0.25, 0.3) is 5.91 Å². The number of carbonyl (C=O) groups excluding carboxylic acids is 2. The SMILES string of the molecule is C[C@@H]1C[C@H](C(=O)N[C@@H](c2cc(F)c(Cl)cc2F)C2CC2)N(C(=O)c2cc(C3CC3)ccn2)C1. The van der Waals surface area contributed by atoms with Crippen LogP contribution in [0, 0.1) is 23.5 Å². The van der Waals surface area contributed by atoms with Gasteiger partial charge in [-0.3, -0.25) is 14.6 Å². The van der Waals surface area contributed by atoms with Crippen LogP contribution in [0.15, 0.2) is 30.5 Å². The Morgan fingerprint density at radius 1 is 1.15 bits per heavy atom. The highest BCUT2D eigenvalue weighted by atomic mass is 35.5. The number of halogens is 3. The molecule has 2 amide bonds. The average molecular weight is 474 g/mol.